The van der Waals surface area contributed by atoms with Crippen molar-refractivity contribution in [2.24, 2.45) is 17.8 Å². The van der Waals surface area contributed by atoms with E-state index in [2.05, 4.69) is 27.7 Å². The van der Waals surface area contributed by atoms with Crippen LogP contribution in [0.3, 0.4) is 0 Å². The third-order valence-corrected chi connectivity index (χ3v) is 4.78. The summed E-state index contributed by atoms with van der Waals surface area (Å²) in [5, 5.41) is 0. The van der Waals surface area contributed by atoms with Gasteiger partial charge in [0.1, 0.15) is 5.60 Å². The minimum Gasteiger partial charge on any atom is -0.459 e. The van der Waals surface area contributed by atoms with E-state index in [-0.39, 0.29) is 11.6 Å². The van der Waals surface area contributed by atoms with E-state index in [0.29, 0.717) is 11.8 Å². The summed E-state index contributed by atoms with van der Waals surface area (Å²) in [7, 11) is 0. The molecule has 0 spiro atoms. The Kier molecular flexibility index (Phi) is 5.03. The number of rotatable bonds is 5. The number of carbonyl (C=O) groups is 1. The third-order valence-electron chi connectivity index (χ3n) is 4.78. The average molecular weight is 240 g/mol. The van der Waals surface area contributed by atoms with Gasteiger partial charge >= 0.3 is 5.97 Å². The van der Waals surface area contributed by atoms with E-state index in [1.807, 2.05) is 0 Å². The Morgan fingerprint density at radius 2 is 1.82 bits per heavy atom. The van der Waals surface area contributed by atoms with E-state index < -0.39 is 0 Å². The van der Waals surface area contributed by atoms with Gasteiger partial charge in [-0.15, -0.1) is 0 Å². The molecule has 1 aliphatic rings. The molecular formula is C15H28O2. The normalized spacial score (nSPS) is 29.4. The first-order valence-corrected chi connectivity index (χ1v) is 7.18. The van der Waals surface area contributed by atoms with Crippen molar-refractivity contribution in [1.82, 2.24) is 0 Å². The van der Waals surface area contributed by atoms with Gasteiger partial charge in [-0.25, -0.2) is 0 Å². The third kappa shape index (κ3) is 3.02. The van der Waals surface area contributed by atoms with Crippen LogP contribution in [0.15, 0.2) is 0 Å². The molecular weight excluding hydrogens is 212 g/mol. The number of ether oxygens (including phenoxy) is 1. The topological polar surface area (TPSA) is 26.3 Å². The van der Waals surface area contributed by atoms with Crippen LogP contribution < -0.4 is 0 Å². The monoisotopic (exact) mass is 240 g/mol. The molecule has 100 valence electrons. The van der Waals surface area contributed by atoms with Crippen molar-refractivity contribution in [3.63, 3.8) is 0 Å². The molecule has 0 aromatic carbocycles. The first-order chi connectivity index (χ1) is 7.99. The van der Waals surface area contributed by atoms with Gasteiger partial charge in [0.2, 0.25) is 0 Å². The number of carbonyl (C=O) groups excluding carboxylic acids is 1. The van der Waals surface area contributed by atoms with Crippen molar-refractivity contribution in [2.75, 3.05) is 0 Å². The maximum absolute atomic E-state index is 11.4. The largest absolute Gasteiger partial charge is 0.459 e. The van der Waals surface area contributed by atoms with Crippen LogP contribution >= 0.6 is 0 Å². The van der Waals surface area contributed by atoms with Gasteiger partial charge < -0.3 is 4.74 Å². The predicted molar refractivity (Wildman–Crippen MR) is 70.7 cm³/mol. The lowest BCUT2D eigenvalue weighted by molar-refractivity contribution is -0.166. The van der Waals surface area contributed by atoms with Crippen LogP contribution in [-0.4, -0.2) is 11.6 Å². The smallest absolute Gasteiger partial charge is 0.303 e. The van der Waals surface area contributed by atoms with Crippen LogP contribution in [-0.2, 0) is 9.53 Å². The van der Waals surface area contributed by atoms with E-state index in [1.165, 1.54) is 26.2 Å². The Morgan fingerprint density at radius 1 is 1.24 bits per heavy atom. The SMILES string of the molecule is CCC1CC(C)C(C(CC)(CC)OC(C)=O)C1. The van der Waals surface area contributed by atoms with Gasteiger partial charge in [0.15, 0.2) is 0 Å². The van der Waals surface area contributed by atoms with Gasteiger partial charge in [-0.2, -0.15) is 0 Å². The molecule has 0 aromatic heterocycles. The molecule has 0 N–H and O–H groups in total. The van der Waals surface area contributed by atoms with Crippen molar-refractivity contribution >= 4 is 5.97 Å². The van der Waals surface area contributed by atoms with Gasteiger partial charge in [0.25, 0.3) is 0 Å². The van der Waals surface area contributed by atoms with E-state index in [0.717, 1.165) is 18.8 Å². The number of hydrogen-bond acceptors (Lipinski definition) is 2. The molecule has 3 unspecified atom stereocenters. The van der Waals surface area contributed by atoms with Gasteiger partial charge in [-0.1, -0.05) is 34.1 Å². The minimum absolute atomic E-state index is 0.124. The van der Waals surface area contributed by atoms with Crippen LogP contribution in [0.4, 0.5) is 0 Å². The van der Waals surface area contributed by atoms with Crippen LogP contribution in [0.5, 0.6) is 0 Å². The Labute approximate surface area is 106 Å². The second-order valence-electron chi connectivity index (χ2n) is 5.69. The molecule has 0 bridgehead atoms. The van der Waals surface area contributed by atoms with Crippen molar-refractivity contribution in [2.45, 2.75) is 72.3 Å². The molecule has 1 fully saturated rings. The Morgan fingerprint density at radius 3 is 2.18 bits per heavy atom. The molecule has 1 saturated carbocycles. The van der Waals surface area contributed by atoms with Crippen LogP contribution in [0.25, 0.3) is 0 Å². The highest BCUT2D eigenvalue weighted by atomic mass is 16.6. The molecule has 1 aliphatic carbocycles. The van der Waals surface area contributed by atoms with Gasteiger partial charge in [-0.05, 0) is 37.5 Å². The summed E-state index contributed by atoms with van der Waals surface area (Å²) in [6.45, 7) is 10.4. The molecule has 3 atom stereocenters. The fourth-order valence-electron chi connectivity index (χ4n) is 3.72. The molecule has 0 amide bonds. The summed E-state index contributed by atoms with van der Waals surface area (Å²) in [5.41, 5.74) is -0.213. The van der Waals surface area contributed by atoms with Crippen molar-refractivity contribution in [3.8, 4) is 0 Å². The van der Waals surface area contributed by atoms with Gasteiger partial charge in [0, 0.05) is 12.8 Å². The van der Waals surface area contributed by atoms with Crippen LogP contribution in [0, 0.1) is 17.8 Å². The summed E-state index contributed by atoms with van der Waals surface area (Å²) >= 11 is 0. The molecule has 0 radical (unpaired) electrons. The summed E-state index contributed by atoms with van der Waals surface area (Å²) < 4.78 is 5.74. The lowest BCUT2D eigenvalue weighted by atomic mass is 9.77. The summed E-state index contributed by atoms with van der Waals surface area (Å²) in [4.78, 5) is 11.4. The van der Waals surface area contributed by atoms with E-state index in [4.69, 9.17) is 4.74 Å². The van der Waals surface area contributed by atoms with Crippen LogP contribution in [0.1, 0.15) is 66.7 Å². The Bertz CT molecular complexity index is 256. The maximum atomic E-state index is 11.4. The maximum Gasteiger partial charge on any atom is 0.303 e. The predicted octanol–water partition coefficient (Wildman–Crippen LogP) is 4.18. The van der Waals surface area contributed by atoms with E-state index >= 15 is 0 Å². The van der Waals surface area contributed by atoms with Gasteiger partial charge in [-0.3, -0.25) is 4.79 Å². The summed E-state index contributed by atoms with van der Waals surface area (Å²) in [6, 6.07) is 0. The lowest BCUT2D eigenvalue weighted by Gasteiger charge is -2.39. The average Bonchev–Trinajstić information content (AvgIpc) is 2.68. The van der Waals surface area contributed by atoms with Crippen molar-refractivity contribution < 1.29 is 9.53 Å². The molecule has 0 saturated heterocycles. The second kappa shape index (κ2) is 5.88. The quantitative estimate of drug-likeness (QED) is 0.674. The Hall–Kier alpha value is -0.530. The number of esters is 1. The van der Waals surface area contributed by atoms with Crippen molar-refractivity contribution in [1.29, 1.82) is 0 Å². The summed E-state index contributed by atoms with van der Waals surface area (Å²) in [6.07, 6.45) is 5.66. The fourth-order valence-corrected chi connectivity index (χ4v) is 3.72. The summed E-state index contributed by atoms with van der Waals surface area (Å²) in [5.74, 6) is 1.93. The lowest BCUT2D eigenvalue weighted by Crippen LogP contribution is -2.42. The van der Waals surface area contributed by atoms with Crippen molar-refractivity contribution in [3.05, 3.63) is 0 Å². The molecule has 2 nitrogen and oxygen atoms in total. The fraction of sp³-hybridized carbons (Fsp3) is 0.933. The zero-order valence-electron chi connectivity index (χ0n) is 12.1. The highest BCUT2D eigenvalue weighted by Gasteiger charge is 2.46. The highest BCUT2D eigenvalue weighted by Crippen LogP contribution is 2.47. The van der Waals surface area contributed by atoms with Gasteiger partial charge in [0.05, 0.1) is 0 Å². The minimum atomic E-state index is -0.213. The molecule has 0 aromatic rings. The number of hydrogen-bond donors (Lipinski definition) is 0. The van der Waals surface area contributed by atoms with Crippen LogP contribution in [0.2, 0.25) is 0 Å². The second-order valence-corrected chi connectivity index (χ2v) is 5.69. The van der Waals surface area contributed by atoms with E-state index in [9.17, 15) is 4.79 Å². The van der Waals surface area contributed by atoms with E-state index in [1.54, 1.807) is 0 Å². The molecule has 17 heavy (non-hydrogen) atoms. The standard InChI is InChI=1S/C15H28O2/c1-6-13-9-11(4)14(10-13)15(7-2,8-3)17-12(5)16/h11,13-14H,6-10H2,1-5H3. The zero-order chi connectivity index (χ0) is 13.1. The first-order valence-electron chi connectivity index (χ1n) is 7.18. The zero-order valence-corrected chi connectivity index (χ0v) is 12.1. The molecule has 2 heteroatoms. The Balaban J connectivity index is 2.86. The molecule has 0 aliphatic heterocycles. The highest BCUT2D eigenvalue weighted by molar-refractivity contribution is 5.66. The molecule has 1 rings (SSSR count). The first kappa shape index (κ1) is 14.5. The molecule has 0 heterocycles.